The molecule has 2 aromatic carbocycles. The number of benzene rings is 2. The van der Waals surface area contributed by atoms with Crippen LogP contribution in [0, 0.1) is 0 Å². The lowest BCUT2D eigenvalue weighted by molar-refractivity contribution is -0.137. The molecule has 1 unspecified atom stereocenters. The Morgan fingerprint density at radius 1 is 1.09 bits per heavy atom. The molecule has 3 aliphatic rings. The van der Waals surface area contributed by atoms with E-state index < -0.39 is 41.7 Å². The lowest BCUT2D eigenvalue weighted by Gasteiger charge is -2.24. The highest BCUT2D eigenvalue weighted by Crippen LogP contribution is 2.41. The van der Waals surface area contributed by atoms with Gasteiger partial charge in [-0.05, 0) is 55.0 Å². The number of anilines is 2. The molecule has 0 bridgehead atoms. The fourth-order valence-electron chi connectivity index (χ4n) is 5.11. The van der Waals surface area contributed by atoms with Crippen molar-refractivity contribution in [1.82, 2.24) is 10.2 Å². The zero-order chi connectivity index (χ0) is 24.1. The first-order valence-electron chi connectivity index (χ1n) is 11.2. The number of alkyl halides is 3. The molecule has 1 aliphatic carbocycles. The van der Waals surface area contributed by atoms with Crippen molar-refractivity contribution in [3.63, 3.8) is 0 Å². The van der Waals surface area contributed by atoms with Gasteiger partial charge in [0.1, 0.15) is 12.1 Å². The molecule has 1 spiro atoms. The summed E-state index contributed by atoms with van der Waals surface area (Å²) in [5.41, 5.74) is 0.0755. The maximum Gasteiger partial charge on any atom is 0.416 e. The van der Waals surface area contributed by atoms with E-state index in [4.69, 9.17) is 0 Å². The number of imide groups is 1. The fourth-order valence-corrected chi connectivity index (χ4v) is 5.11. The average molecular weight is 472 g/mol. The first kappa shape index (κ1) is 22.2. The predicted molar refractivity (Wildman–Crippen MR) is 118 cm³/mol. The van der Waals surface area contributed by atoms with Gasteiger partial charge in [0.25, 0.3) is 5.91 Å². The number of fused-ring (bicyclic) bond motifs is 2. The van der Waals surface area contributed by atoms with E-state index in [1.54, 1.807) is 12.1 Å². The van der Waals surface area contributed by atoms with Gasteiger partial charge in [0, 0.05) is 13.1 Å². The Balaban J connectivity index is 1.37. The average Bonchev–Trinajstić information content (AvgIpc) is 3.50. The molecule has 10 heteroatoms. The van der Waals surface area contributed by atoms with Gasteiger partial charge < -0.3 is 15.5 Å². The molecule has 1 atom stereocenters. The molecular weight excluding hydrogens is 449 g/mol. The fraction of sp³-hybridized carbons (Fsp3) is 0.375. The summed E-state index contributed by atoms with van der Waals surface area (Å²) in [5.74, 6) is -1.27. The lowest BCUT2D eigenvalue weighted by atomic mass is 9.92. The first-order chi connectivity index (χ1) is 16.2. The summed E-state index contributed by atoms with van der Waals surface area (Å²) < 4.78 is 39.9. The van der Waals surface area contributed by atoms with E-state index in [1.165, 1.54) is 6.07 Å². The van der Waals surface area contributed by atoms with Crippen molar-refractivity contribution in [2.45, 2.75) is 37.4 Å². The number of carbonyl (C=O) groups is 3. The van der Waals surface area contributed by atoms with Crippen LogP contribution in [0.1, 0.15) is 36.0 Å². The molecule has 7 nitrogen and oxygen atoms in total. The van der Waals surface area contributed by atoms with Gasteiger partial charge in [-0.3, -0.25) is 14.5 Å². The zero-order valence-electron chi connectivity index (χ0n) is 18.2. The van der Waals surface area contributed by atoms with Gasteiger partial charge >= 0.3 is 12.2 Å². The second-order valence-electron chi connectivity index (χ2n) is 8.86. The minimum atomic E-state index is -4.57. The number of rotatable bonds is 4. The van der Waals surface area contributed by atoms with Crippen LogP contribution in [-0.4, -0.2) is 42.4 Å². The van der Waals surface area contributed by atoms with Crippen LogP contribution >= 0.6 is 0 Å². The van der Waals surface area contributed by atoms with Gasteiger partial charge in [0.05, 0.1) is 16.9 Å². The molecule has 34 heavy (non-hydrogen) atoms. The van der Waals surface area contributed by atoms with Gasteiger partial charge in [-0.25, -0.2) is 4.79 Å². The van der Waals surface area contributed by atoms with Gasteiger partial charge in [0.2, 0.25) is 5.91 Å². The second-order valence-corrected chi connectivity index (χ2v) is 8.86. The molecule has 178 valence electrons. The van der Waals surface area contributed by atoms with Crippen LogP contribution in [0.2, 0.25) is 0 Å². The molecule has 0 aromatic heterocycles. The molecule has 4 amide bonds. The van der Waals surface area contributed by atoms with Crippen molar-refractivity contribution in [3.05, 3.63) is 59.2 Å². The molecule has 2 heterocycles. The SMILES string of the molecule is O=C(CN1C(=O)NC2(CCc3ccccc32)C1=O)Nc1cc(C(F)(F)F)ccc1N1CCCC1. The second kappa shape index (κ2) is 8.03. The summed E-state index contributed by atoms with van der Waals surface area (Å²) in [6, 6.07) is 9.86. The summed E-state index contributed by atoms with van der Waals surface area (Å²) in [4.78, 5) is 41.5. The lowest BCUT2D eigenvalue weighted by Crippen LogP contribution is -2.43. The predicted octanol–water partition coefficient (Wildman–Crippen LogP) is 3.64. The van der Waals surface area contributed by atoms with Crippen LogP contribution in [0.15, 0.2) is 42.5 Å². The van der Waals surface area contributed by atoms with Crippen molar-refractivity contribution in [3.8, 4) is 0 Å². The summed E-state index contributed by atoms with van der Waals surface area (Å²) in [7, 11) is 0. The molecule has 0 saturated carbocycles. The summed E-state index contributed by atoms with van der Waals surface area (Å²) in [5, 5.41) is 5.25. The molecule has 2 aromatic rings. The minimum Gasteiger partial charge on any atom is -0.370 e. The Morgan fingerprint density at radius 2 is 1.82 bits per heavy atom. The number of hydrogen-bond donors (Lipinski definition) is 2. The number of aryl methyl sites for hydroxylation is 1. The third kappa shape index (κ3) is 3.66. The van der Waals surface area contributed by atoms with E-state index in [1.807, 2.05) is 17.0 Å². The number of amides is 4. The Bertz CT molecular complexity index is 1180. The van der Waals surface area contributed by atoms with E-state index >= 15 is 0 Å². The first-order valence-corrected chi connectivity index (χ1v) is 11.2. The maximum absolute atomic E-state index is 13.3. The summed E-state index contributed by atoms with van der Waals surface area (Å²) in [6.45, 7) is 0.747. The third-order valence-corrected chi connectivity index (χ3v) is 6.77. The Labute approximate surface area is 193 Å². The highest BCUT2D eigenvalue weighted by molar-refractivity contribution is 6.11. The number of hydrogen-bond acceptors (Lipinski definition) is 4. The topological polar surface area (TPSA) is 81.8 Å². The highest BCUT2D eigenvalue weighted by Gasteiger charge is 2.55. The molecule has 2 N–H and O–H groups in total. The Hall–Kier alpha value is -3.56. The van der Waals surface area contributed by atoms with Crippen LogP contribution in [0.5, 0.6) is 0 Å². The van der Waals surface area contributed by atoms with Gasteiger partial charge in [0.15, 0.2) is 0 Å². The maximum atomic E-state index is 13.3. The molecule has 0 radical (unpaired) electrons. The summed E-state index contributed by atoms with van der Waals surface area (Å²) in [6.07, 6.45) is -1.76. The quantitative estimate of drug-likeness (QED) is 0.666. The van der Waals surface area contributed by atoms with Gasteiger partial charge in [-0.15, -0.1) is 0 Å². The van der Waals surface area contributed by atoms with Crippen LogP contribution in [0.4, 0.5) is 29.3 Å². The highest BCUT2D eigenvalue weighted by atomic mass is 19.4. The van der Waals surface area contributed by atoms with Crippen molar-refractivity contribution < 1.29 is 27.6 Å². The molecule has 2 saturated heterocycles. The van der Waals surface area contributed by atoms with Gasteiger partial charge in [-0.1, -0.05) is 24.3 Å². The number of carbonyl (C=O) groups excluding carboxylic acids is 3. The largest absolute Gasteiger partial charge is 0.416 e. The molecule has 2 aliphatic heterocycles. The van der Waals surface area contributed by atoms with Crippen molar-refractivity contribution >= 4 is 29.2 Å². The zero-order valence-corrected chi connectivity index (χ0v) is 18.2. The van der Waals surface area contributed by atoms with E-state index in [2.05, 4.69) is 10.6 Å². The van der Waals surface area contributed by atoms with Crippen LogP contribution in [0.3, 0.4) is 0 Å². The third-order valence-electron chi connectivity index (χ3n) is 6.77. The standard InChI is InChI=1S/C24H23F3N4O3/c25-24(26,27)16-7-8-19(30-11-3-4-12-30)18(13-16)28-20(32)14-31-21(33)23(29-22(31)34)10-9-15-5-1-2-6-17(15)23/h1-2,5-8,13H,3-4,9-12,14H2,(H,28,32)(H,29,34). The minimum absolute atomic E-state index is 0.00899. The van der Waals surface area contributed by atoms with Crippen LogP contribution in [0.25, 0.3) is 0 Å². The number of halogens is 3. The van der Waals surface area contributed by atoms with Crippen molar-refractivity contribution in [2.75, 3.05) is 29.9 Å². The molecular formula is C24H23F3N4O3. The van der Waals surface area contributed by atoms with E-state index in [0.29, 0.717) is 37.2 Å². The van der Waals surface area contributed by atoms with E-state index in [9.17, 15) is 27.6 Å². The number of nitrogens with zero attached hydrogens (tertiary/aromatic N) is 2. The van der Waals surface area contributed by atoms with E-state index in [0.717, 1.165) is 35.4 Å². The van der Waals surface area contributed by atoms with E-state index in [-0.39, 0.29) is 5.69 Å². The Kier molecular flexibility index (Phi) is 5.26. The number of nitrogens with one attached hydrogen (secondary N) is 2. The van der Waals surface area contributed by atoms with Gasteiger partial charge in [-0.2, -0.15) is 13.2 Å². The summed E-state index contributed by atoms with van der Waals surface area (Å²) >= 11 is 0. The van der Waals surface area contributed by atoms with Crippen LogP contribution in [-0.2, 0) is 27.7 Å². The molecule has 5 rings (SSSR count). The normalized spacial score (nSPS) is 21.9. The van der Waals surface area contributed by atoms with Crippen molar-refractivity contribution in [1.29, 1.82) is 0 Å². The number of urea groups is 1. The van der Waals surface area contributed by atoms with Crippen LogP contribution < -0.4 is 15.5 Å². The van der Waals surface area contributed by atoms with Crippen molar-refractivity contribution in [2.24, 2.45) is 0 Å². The smallest absolute Gasteiger partial charge is 0.370 e. The molecule has 2 fully saturated rings. The monoisotopic (exact) mass is 472 g/mol. The Morgan fingerprint density at radius 3 is 2.56 bits per heavy atom.